The van der Waals surface area contributed by atoms with Crippen molar-refractivity contribution in [3.05, 3.63) is 35.1 Å². The Balaban J connectivity index is 2.48. The number of Topliss-reactive ketones (excluding diaryl/α,β-unsaturated/α-hetero) is 1. The average molecular weight is 301 g/mol. The monoisotopic (exact) mass is 301 g/mol. The Morgan fingerprint density at radius 3 is 2.50 bits per heavy atom. The molecule has 1 aromatic carbocycles. The summed E-state index contributed by atoms with van der Waals surface area (Å²) in [6, 6.07) is 4.43. The minimum Gasteiger partial charge on any atom is -0.305 e. The van der Waals surface area contributed by atoms with Crippen LogP contribution in [-0.2, 0) is 9.84 Å². The molecule has 1 rings (SSSR count). The molecule has 20 heavy (non-hydrogen) atoms. The van der Waals surface area contributed by atoms with Gasteiger partial charge in [-0.05, 0) is 25.6 Å². The van der Waals surface area contributed by atoms with Crippen LogP contribution in [0.2, 0.25) is 0 Å². The fraction of sp³-hybridized carbons (Fsp3) is 0.500. The highest BCUT2D eigenvalue weighted by Crippen LogP contribution is 2.11. The summed E-state index contributed by atoms with van der Waals surface area (Å²) in [4.78, 5) is 13.7. The van der Waals surface area contributed by atoms with Gasteiger partial charge in [0.15, 0.2) is 5.78 Å². The Morgan fingerprint density at radius 2 is 1.95 bits per heavy atom. The van der Waals surface area contributed by atoms with Crippen LogP contribution in [0, 0.1) is 12.7 Å². The molecule has 4 nitrogen and oxygen atoms in total. The predicted octanol–water partition coefficient (Wildman–Crippen LogP) is 1.68. The van der Waals surface area contributed by atoms with Gasteiger partial charge in [0.25, 0.3) is 0 Å². The third kappa shape index (κ3) is 5.79. The van der Waals surface area contributed by atoms with Crippen molar-refractivity contribution in [1.29, 1.82) is 0 Å². The van der Waals surface area contributed by atoms with Crippen molar-refractivity contribution in [2.24, 2.45) is 0 Å². The number of rotatable bonds is 7. The standard InChI is InChI=1S/C14H20FNO3S/c1-11-4-5-12(10-13(11)15)14(17)6-7-16(2)8-9-20(3,18)19/h4-5,10H,6-9H2,1-3H3. The number of hydrogen-bond acceptors (Lipinski definition) is 4. The molecule has 0 saturated carbocycles. The van der Waals surface area contributed by atoms with Gasteiger partial charge in [0.1, 0.15) is 15.7 Å². The van der Waals surface area contributed by atoms with Crippen LogP contribution in [0.25, 0.3) is 0 Å². The van der Waals surface area contributed by atoms with Crippen molar-refractivity contribution >= 4 is 15.6 Å². The summed E-state index contributed by atoms with van der Waals surface area (Å²) in [5.74, 6) is -0.465. The fourth-order valence-corrected chi connectivity index (χ4v) is 2.28. The minimum absolute atomic E-state index is 0.0663. The number of carbonyl (C=O) groups is 1. The molecule has 0 saturated heterocycles. The molecule has 0 unspecified atom stereocenters. The van der Waals surface area contributed by atoms with Crippen LogP contribution in [0.5, 0.6) is 0 Å². The number of carbonyl (C=O) groups excluding carboxylic acids is 1. The number of ketones is 1. The van der Waals surface area contributed by atoms with Crippen LogP contribution in [0.1, 0.15) is 22.3 Å². The summed E-state index contributed by atoms with van der Waals surface area (Å²) in [6.07, 6.45) is 1.42. The second-order valence-electron chi connectivity index (χ2n) is 5.07. The van der Waals surface area contributed by atoms with Crippen molar-refractivity contribution in [3.63, 3.8) is 0 Å². The molecule has 0 fully saturated rings. The summed E-state index contributed by atoms with van der Waals surface area (Å²) in [7, 11) is -1.24. The van der Waals surface area contributed by atoms with Crippen LogP contribution in [0.3, 0.4) is 0 Å². The van der Waals surface area contributed by atoms with Gasteiger partial charge in [-0.15, -0.1) is 0 Å². The van der Waals surface area contributed by atoms with Crippen LogP contribution in [0.4, 0.5) is 4.39 Å². The molecule has 0 aliphatic heterocycles. The van der Waals surface area contributed by atoms with E-state index in [0.717, 1.165) is 0 Å². The van der Waals surface area contributed by atoms with E-state index in [9.17, 15) is 17.6 Å². The largest absolute Gasteiger partial charge is 0.305 e. The number of sulfone groups is 1. The topological polar surface area (TPSA) is 54.5 Å². The van der Waals surface area contributed by atoms with Crippen molar-refractivity contribution in [3.8, 4) is 0 Å². The Hall–Kier alpha value is -1.27. The van der Waals surface area contributed by atoms with E-state index in [1.807, 2.05) is 0 Å². The zero-order valence-electron chi connectivity index (χ0n) is 12.0. The lowest BCUT2D eigenvalue weighted by atomic mass is 10.1. The van der Waals surface area contributed by atoms with Crippen LogP contribution < -0.4 is 0 Å². The van der Waals surface area contributed by atoms with E-state index in [1.54, 1.807) is 31.0 Å². The second kappa shape index (κ2) is 6.95. The quantitative estimate of drug-likeness (QED) is 0.719. The van der Waals surface area contributed by atoms with Crippen LogP contribution in [-0.4, -0.2) is 51.2 Å². The summed E-state index contributed by atoms with van der Waals surface area (Å²) in [6.45, 7) is 2.47. The number of halogens is 1. The molecule has 0 aromatic heterocycles. The first-order valence-corrected chi connectivity index (χ1v) is 8.41. The molecule has 1 aromatic rings. The highest BCUT2D eigenvalue weighted by Gasteiger charge is 2.11. The zero-order valence-corrected chi connectivity index (χ0v) is 12.8. The van der Waals surface area contributed by atoms with Crippen molar-refractivity contribution in [2.45, 2.75) is 13.3 Å². The van der Waals surface area contributed by atoms with E-state index in [0.29, 0.717) is 24.2 Å². The van der Waals surface area contributed by atoms with Gasteiger partial charge >= 0.3 is 0 Å². The highest BCUT2D eigenvalue weighted by molar-refractivity contribution is 7.90. The summed E-state index contributed by atoms with van der Waals surface area (Å²) < 4.78 is 35.4. The number of aryl methyl sites for hydroxylation is 1. The van der Waals surface area contributed by atoms with Crippen LogP contribution in [0.15, 0.2) is 18.2 Å². The van der Waals surface area contributed by atoms with E-state index in [-0.39, 0.29) is 23.8 Å². The van der Waals surface area contributed by atoms with Gasteiger partial charge in [-0.25, -0.2) is 12.8 Å². The summed E-state index contributed by atoms with van der Waals surface area (Å²) in [5.41, 5.74) is 0.858. The summed E-state index contributed by atoms with van der Waals surface area (Å²) in [5, 5.41) is 0. The van der Waals surface area contributed by atoms with Gasteiger partial charge in [0.2, 0.25) is 0 Å². The van der Waals surface area contributed by atoms with E-state index in [1.165, 1.54) is 12.3 Å². The third-order valence-electron chi connectivity index (χ3n) is 3.06. The number of benzene rings is 1. The molecule has 0 radical (unpaired) electrons. The molecular weight excluding hydrogens is 281 g/mol. The molecule has 112 valence electrons. The maximum absolute atomic E-state index is 13.4. The maximum atomic E-state index is 13.4. The van der Waals surface area contributed by atoms with Gasteiger partial charge in [-0.3, -0.25) is 4.79 Å². The van der Waals surface area contributed by atoms with E-state index in [2.05, 4.69) is 0 Å². The molecular formula is C14H20FNO3S. The van der Waals surface area contributed by atoms with Crippen LogP contribution >= 0.6 is 0 Å². The summed E-state index contributed by atoms with van der Waals surface area (Å²) >= 11 is 0. The average Bonchev–Trinajstić information content (AvgIpc) is 2.36. The Morgan fingerprint density at radius 1 is 1.30 bits per heavy atom. The molecule has 0 amide bonds. The maximum Gasteiger partial charge on any atom is 0.164 e. The Kier molecular flexibility index (Phi) is 5.83. The first-order valence-electron chi connectivity index (χ1n) is 6.34. The molecule has 6 heteroatoms. The first kappa shape index (κ1) is 16.8. The SMILES string of the molecule is Cc1ccc(C(=O)CCN(C)CCS(C)(=O)=O)cc1F. The molecule has 0 heterocycles. The zero-order chi connectivity index (χ0) is 15.3. The predicted molar refractivity (Wildman–Crippen MR) is 77.3 cm³/mol. The van der Waals surface area contributed by atoms with Gasteiger partial charge in [-0.2, -0.15) is 0 Å². The lowest BCUT2D eigenvalue weighted by molar-refractivity contribution is 0.0969. The van der Waals surface area contributed by atoms with Crippen molar-refractivity contribution in [1.82, 2.24) is 4.90 Å². The highest BCUT2D eigenvalue weighted by atomic mass is 32.2. The molecule has 0 atom stereocenters. The van der Waals surface area contributed by atoms with Crippen molar-refractivity contribution in [2.75, 3.05) is 32.1 Å². The molecule has 0 aliphatic carbocycles. The third-order valence-corrected chi connectivity index (χ3v) is 3.98. The lowest BCUT2D eigenvalue weighted by Crippen LogP contribution is -2.27. The van der Waals surface area contributed by atoms with E-state index >= 15 is 0 Å². The smallest absolute Gasteiger partial charge is 0.164 e. The van der Waals surface area contributed by atoms with Gasteiger partial charge < -0.3 is 4.90 Å². The lowest BCUT2D eigenvalue weighted by Gasteiger charge is -2.15. The van der Waals surface area contributed by atoms with Gasteiger partial charge in [0.05, 0.1) is 5.75 Å². The molecule has 0 aliphatic rings. The molecule has 0 bridgehead atoms. The molecule has 0 spiro atoms. The first-order chi connectivity index (χ1) is 9.19. The number of hydrogen-bond donors (Lipinski definition) is 0. The Labute approximate surface area is 119 Å². The Bertz CT molecular complexity index is 584. The van der Waals surface area contributed by atoms with E-state index in [4.69, 9.17) is 0 Å². The minimum atomic E-state index is -3.00. The second-order valence-corrected chi connectivity index (χ2v) is 7.33. The van der Waals surface area contributed by atoms with E-state index < -0.39 is 9.84 Å². The molecule has 0 N–H and O–H groups in total. The number of nitrogens with zero attached hydrogens (tertiary/aromatic N) is 1. The van der Waals surface area contributed by atoms with Gasteiger partial charge in [-0.1, -0.05) is 12.1 Å². The van der Waals surface area contributed by atoms with Gasteiger partial charge in [0, 0.05) is 31.3 Å². The normalized spacial score (nSPS) is 11.8. The fourth-order valence-electron chi connectivity index (χ4n) is 1.64. The van der Waals surface area contributed by atoms with Crippen molar-refractivity contribution < 1.29 is 17.6 Å².